The Bertz CT molecular complexity index is 595. The monoisotopic (exact) mass is 360 g/mol. The average molecular weight is 360 g/mol. The second-order valence-corrected chi connectivity index (χ2v) is 7.37. The van der Waals surface area contributed by atoms with Crippen LogP contribution in [0.25, 0.3) is 0 Å². The molecule has 2 rings (SSSR count). The fourth-order valence-electron chi connectivity index (χ4n) is 3.44. The van der Waals surface area contributed by atoms with Gasteiger partial charge >= 0.3 is 0 Å². The summed E-state index contributed by atoms with van der Waals surface area (Å²) in [6.45, 7) is 6.96. The Kier molecular flexibility index (Phi) is 7.95. The number of nitrogens with one attached hydrogen (secondary N) is 2. The molecule has 0 spiro atoms. The Labute approximate surface area is 156 Å². The Morgan fingerprint density at radius 3 is 2.50 bits per heavy atom. The minimum absolute atomic E-state index is 0.00422. The standard InChI is InChI=1S/C21H32N2O3/c1-4-26-18-13-9-8-12-17(18)20(24)23-19(15(2)3)21(25)22-14-16-10-6-5-7-11-16/h8-9,12-13,15-16,19H,4-7,10-11,14H2,1-3H3,(H,22,25)(H,23,24). The molecule has 26 heavy (non-hydrogen) atoms. The van der Waals surface area contributed by atoms with Crippen molar-refractivity contribution in [1.82, 2.24) is 10.6 Å². The van der Waals surface area contributed by atoms with E-state index in [1.54, 1.807) is 18.2 Å². The van der Waals surface area contributed by atoms with Gasteiger partial charge in [-0.2, -0.15) is 0 Å². The number of benzene rings is 1. The van der Waals surface area contributed by atoms with Crippen LogP contribution in [0, 0.1) is 11.8 Å². The van der Waals surface area contributed by atoms with Crippen molar-refractivity contribution in [3.63, 3.8) is 0 Å². The summed E-state index contributed by atoms with van der Waals surface area (Å²) < 4.78 is 5.53. The molecule has 1 atom stereocenters. The van der Waals surface area contributed by atoms with E-state index >= 15 is 0 Å². The summed E-state index contributed by atoms with van der Waals surface area (Å²) in [7, 11) is 0. The third-order valence-electron chi connectivity index (χ3n) is 4.96. The van der Waals surface area contributed by atoms with Crippen molar-refractivity contribution >= 4 is 11.8 Å². The van der Waals surface area contributed by atoms with E-state index in [0.717, 1.165) is 0 Å². The molecule has 1 fully saturated rings. The molecule has 1 aliphatic rings. The van der Waals surface area contributed by atoms with Gasteiger partial charge in [0.05, 0.1) is 12.2 Å². The Hall–Kier alpha value is -2.04. The zero-order valence-corrected chi connectivity index (χ0v) is 16.2. The van der Waals surface area contributed by atoms with Crippen LogP contribution in [0.2, 0.25) is 0 Å². The van der Waals surface area contributed by atoms with Crippen LogP contribution in [0.3, 0.4) is 0 Å². The summed E-state index contributed by atoms with van der Waals surface area (Å²) in [6, 6.07) is 6.56. The molecule has 5 heteroatoms. The first-order valence-electron chi connectivity index (χ1n) is 9.83. The fourth-order valence-corrected chi connectivity index (χ4v) is 3.44. The molecule has 1 aromatic carbocycles. The number of rotatable bonds is 8. The van der Waals surface area contributed by atoms with E-state index in [1.165, 1.54) is 32.1 Å². The topological polar surface area (TPSA) is 67.4 Å². The molecule has 0 saturated heterocycles. The highest BCUT2D eigenvalue weighted by molar-refractivity contribution is 5.99. The number of carbonyl (C=O) groups is 2. The van der Waals surface area contributed by atoms with Crippen LogP contribution in [0.15, 0.2) is 24.3 Å². The van der Waals surface area contributed by atoms with Crippen molar-refractivity contribution in [2.24, 2.45) is 11.8 Å². The van der Waals surface area contributed by atoms with Crippen molar-refractivity contribution in [3.8, 4) is 5.75 Å². The average Bonchev–Trinajstić information content (AvgIpc) is 2.65. The van der Waals surface area contributed by atoms with Gasteiger partial charge in [0.2, 0.25) is 5.91 Å². The second-order valence-electron chi connectivity index (χ2n) is 7.37. The number of hydrogen-bond acceptors (Lipinski definition) is 3. The Morgan fingerprint density at radius 2 is 1.85 bits per heavy atom. The van der Waals surface area contributed by atoms with E-state index in [0.29, 0.717) is 30.4 Å². The molecular formula is C21H32N2O3. The van der Waals surface area contributed by atoms with Crippen molar-refractivity contribution in [3.05, 3.63) is 29.8 Å². The van der Waals surface area contributed by atoms with Gasteiger partial charge in [-0.05, 0) is 43.7 Å². The number of amides is 2. The van der Waals surface area contributed by atoms with E-state index in [2.05, 4.69) is 10.6 Å². The minimum atomic E-state index is -0.555. The molecule has 0 aliphatic heterocycles. The lowest BCUT2D eigenvalue weighted by Gasteiger charge is -2.25. The highest BCUT2D eigenvalue weighted by Crippen LogP contribution is 2.23. The third-order valence-corrected chi connectivity index (χ3v) is 4.96. The van der Waals surface area contributed by atoms with E-state index < -0.39 is 6.04 Å². The maximum Gasteiger partial charge on any atom is 0.255 e. The van der Waals surface area contributed by atoms with Crippen molar-refractivity contribution < 1.29 is 14.3 Å². The van der Waals surface area contributed by atoms with Crippen LogP contribution in [0.1, 0.15) is 63.2 Å². The van der Waals surface area contributed by atoms with Gasteiger partial charge in [-0.3, -0.25) is 9.59 Å². The SMILES string of the molecule is CCOc1ccccc1C(=O)NC(C(=O)NCC1CCCCC1)C(C)C. The van der Waals surface area contributed by atoms with Crippen molar-refractivity contribution in [2.75, 3.05) is 13.2 Å². The fraction of sp³-hybridized carbons (Fsp3) is 0.619. The lowest BCUT2D eigenvalue weighted by Crippen LogP contribution is -2.50. The molecule has 1 saturated carbocycles. The smallest absolute Gasteiger partial charge is 0.255 e. The van der Waals surface area contributed by atoms with E-state index in [1.807, 2.05) is 26.8 Å². The quantitative estimate of drug-likeness (QED) is 0.745. The van der Waals surface area contributed by atoms with Crippen molar-refractivity contribution in [2.45, 2.75) is 58.9 Å². The van der Waals surface area contributed by atoms with Crippen LogP contribution in [0.4, 0.5) is 0 Å². The first-order valence-corrected chi connectivity index (χ1v) is 9.83. The van der Waals surface area contributed by atoms with Gasteiger partial charge in [-0.15, -0.1) is 0 Å². The van der Waals surface area contributed by atoms with Gasteiger partial charge in [0, 0.05) is 6.54 Å². The molecule has 1 aromatic rings. The van der Waals surface area contributed by atoms with Gasteiger partial charge in [-0.1, -0.05) is 45.2 Å². The van der Waals surface area contributed by atoms with Gasteiger partial charge in [0.25, 0.3) is 5.91 Å². The Balaban J connectivity index is 1.98. The summed E-state index contributed by atoms with van der Waals surface area (Å²) in [5, 5.41) is 5.93. The van der Waals surface area contributed by atoms with Gasteiger partial charge in [-0.25, -0.2) is 0 Å². The van der Waals surface area contributed by atoms with Crippen molar-refractivity contribution in [1.29, 1.82) is 0 Å². The van der Waals surface area contributed by atoms with Crippen LogP contribution in [0.5, 0.6) is 5.75 Å². The van der Waals surface area contributed by atoms with E-state index in [4.69, 9.17) is 4.74 Å². The lowest BCUT2D eigenvalue weighted by molar-refractivity contribution is -0.124. The first kappa shape index (κ1) is 20.3. The number of ether oxygens (including phenoxy) is 1. The van der Waals surface area contributed by atoms with Gasteiger partial charge < -0.3 is 15.4 Å². The molecule has 2 amide bonds. The number of para-hydroxylation sites is 1. The third kappa shape index (κ3) is 5.75. The molecule has 5 nitrogen and oxygen atoms in total. The number of carbonyl (C=O) groups excluding carboxylic acids is 2. The zero-order chi connectivity index (χ0) is 18.9. The molecule has 0 bridgehead atoms. The first-order chi connectivity index (χ1) is 12.5. The predicted octanol–water partition coefficient (Wildman–Crippen LogP) is 3.54. The van der Waals surface area contributed by atoms with Crippen LogP contribution in [-0.2, 0) is 4.79 Å². The van der Waals surface area contributed by atoms with Crippen LogP contribution < -0.4 is 15.4 Å². The molecule has 144 valence electrons. The lowest BCUT2D eigenvalue weighted by atomic mass is 9.89. The summed E-state index contributed by atoms with van der Waals surface area (Å²) in [5.74, 6) is 0.727. The van der Waals surface area contributed by atoms with Gasteiger partial charge in [0.1, 0.15) is 11.8 Å². The molecule has 2 N–H and O–H groups in total. The summed E-state index contributed by atoms with van der Waals surface area (Å²) in [6.07, 6.45) is 6.16. The summed E-state index contributed by atoms with van der Waals surface area (Å²) in [5.41, 5.74) is 0.458. The van der Waals surface area contributed by atoms with Gasteiger partial charge in [0.15, 0.2) is 0 Å². The molecule has 1 unspecified atom stereocenters. The molecule has 0 heterocycles. The maximum absolute atomic E-state index is 12.7. The van der Waals surface area contributed by atoms with E-state index in [9.17, 15) is 9.59 Å². The summed E-state index contributed by atoms with van der Waals surface area (Å²) in [4.78, 5) is 25.3. The van der Waals surface area contributed by atoms with Crippen LogP contribution in [-0.4, -0.2) is 31.0 Å². The van der Waals surface area contributed by atoms with E-state index in [-0.39, 0.29) is 17.7 Å². The second kappa shape index (κ2) is 10.2. The molecule has 1 aliphatic carbocycles. The predicted molar refractivity (Wildman–Crippen MR) is 103 cm³/mol. The maximum atomic E-state index is 12.7. The molecule has 0 aromatic heterocycles. The minimum Gasteiger partial charge on any atom is -0.493 e. The Morgan fingerprint density at radius 1 is 1.15 bits per heavy atom. The molecule has 0 radical (unpaired) electrons. The molecular weight excluding hydrogens is 328 g/mol. The largest absolute Gasteiger partial charge is 0.493 e. The summed E-state index contributed by atoms with van der Waals surface area (Å²) >= 11 is 0. The highest BCUT2D eigenvalue weighted by atomic mass is 16.5. The highest BCUT2D eigenvalue weighted by Gasteiger charge is 2.26. The van der Waals surface area contributed by atoms with Crippen LogP contribution >= 0.6 is 0 Å². The number of hydrogen-bond donors (Lipinski definition) is 2. The normalized spacial score (nSPS) is 16.2. The zero-order valence-electron chi connectivity index (χ0n) is 16.2.